The van der Waals surface area contributed by atoms with Gasteiger partial charge in [-0.15, -0.1) is 0 Å². The van der Waals surface area contributed by atoms with Gasteiger partial charge in [-0.25, -0.2) is 0 Å². The van der Waals surface area contributed by atoms with Crippen LogP contribution < -0.4 is 4.74 Å². The molecule has 0 spiro atoms. The van der Waals surface area contributed by atoms with Gasteiger partial charge >= 0.3 is 0 Å². The van der Waals surface area contributed by atoms with E-state index in [4.69, 9.17) is 4.74 Å². The number of ether oxygens (including phenoxy) is 1. The van der Waals surface area contributed by atoms with Crippen molar-refractivity contribution in [1.29, 1.82) is 0 Å². The lowest BCUT2D eigenvalue weighted by atomic mass is 10.1. The second-order valence-electron chi connectivity index (χ2n) is 6.08. The van der Waals surface area contributed by atoms with Crippen LogP contribution in [0.15, 0.2) is 54.7 Å². The summed E-state index contributed by atoms with van der Waals surface area (Å²) in [4.78, 5) is 2.35. The van der Waals surface area contributed by atoms with Gasteiger partial charge in [0.05, 0.1) is 7.11 Å². The topological polar surface area (TPSA) is 17.4 Å². The molecule has 0 aliphatic rings. The molecule has 3 aromatic rings. The summed E-state index contributed by atoms with van der Waals surface area (Å²) >= 11 is 0. The van der Waals surface area contributed by atoms with E-state index in [2.05, 4.69) is 66.2 Å². The van der Waals surface area contributed by atoms with Gasteiger partial charge in [-0.2, -0.15) is 0 Å². The maximum absolute atomic E-state index is 5.44. The monoisotopic (exact) mass is 308 g/mol. The van der Waals surface area contributed by atoms with Gasteiger partial charge in [-0.1, -0.05) is 36.4 Å². The Morgan fingerprint density at radius 1 is 1.00 bits per heavy atom. The van der Waals surface area contributed by atoms with E-state index in [0.29, 0.717) is 0 Å². The van der Waals surface area contributed by atoms with Crippen LogP contribution >= 0.6 is 0 Å². The van der Waals surface area contributed by atoms with E-state index in [9.17, 15) is 0 Å². The Kier molecular flexibility index (Phi) is 4.68. The number of aromatic nitrogens is 1. The molecule has 0 fully saturated rings. The van der Waals surface area contributed by atoms with Crippen LogP contribution in [0.4, 0.5) is 0 Å². The fraction of sp³-hybridized carbons (Fsp3) is 0.300. The Labute approximate surface area is 138 Å². The van der Waals surface area contributed by atoms with Crippen LogP contribution in [-0.4, -0.2) is 30.2 Å². The number of methoxy groups -OCH3 is 1. The summed E-state index contributed by atoms with van der Waals surface area (Å²) < 4.78 is 7.65. The van der Waals surface area contributed by atoms with Gasteiger partial charge in [0.1, 0.15) is 5.75 Å². The quantitative estimate of drug-likeness (QED) is 0.688. The number of hydrogen-bond acceptors (Lipinski definition) is 2. The first-order valence-corrected chi connectivity index (χ1v) is 8.02. The van der Waals surface area contributed by atoms with Crippen molar-refractivity contribution in [1.82, 2.24) is 9.47 Å². The van der Waals surface area contributed by atoms with E-state index < -0.39 is 0 Å². The van der Waals surface area contributed by atoms with Crippen molar-refractivity contribution in [2.24, 2.45) is 7.05 Å². The number of fused-ring (bicyclic) bond motifs is 1. The average molecular weight is 308 g/mol. The second-order valence-corrected chi connectivity index (χ2v) is 6.08. The van der Waals surface area contributed by atoms with E-state index >= 15 is 0 Å². The molecule has 0 aliphatic heterocycles. The van der Waals surface area contributed by atoms with Crippen LogP contribution in [0, 0.1) is 0 Å². The van der Waals surface area contributed by atoms with Gasteiger partial charge in [-0.05, 0) is 31.2 Å². The summed E-state index contributed by atoms with van der Waals surface area (Å²) in [6, 6.07) is 16.8. The first kappa shape index (κ1) is 15.6. The number of aryl methyl sites for hydroxylation is 1. The maximum Gasteiger partial charge on any atom is 0.123 e. The Hall–Kier alpha value is -2.26. The average Bonchev–Trinajstić information content (AvgIpc) is 2.90. The molecule has 0 radical (unpaired) electrons. The number of rotatable bonds is 6. The van der Waals surface area contributed by atoms with Gasteiger partial charge in [0.2, 0.25) is 0 Å². The zero-order chi connectivity index (χ0) is 16.2. The predicted octanol–water partition coefficient (Wildman–Crippen LogP) is 3.86. The fourth-order valence-electron chi connectivity index (χ4n) is 3.14. The molecule has 0 saturated heterocycles. The first-order valence-electron chi connectivity index (χ1n) is 8.02. The molecule has 3 nitrogen and oxygen atoms in total. The fourth-order valence-corrected chi connectivity index (χ4v) is 3.14. The third kappa shape index (κ3) is 3.40. The van der Waals surface area contributed by atoms with Crippen LogP contribution in [-0.2, 0) is 20.0 Å². The summed E-state index contributed by atoms with van der Waals surface area (Å²) in [5.74, 6) is 0.963. The second kappa shape index (κ2) is 6.88. The SMILES string of the molecule is COc1ccccc1CN(C)CCc1cn(C)c2ccccc12. The summed E-state index contributed by atoms with van der Waals surface area (Å²) in [7, 11) is 6.01. The van der Waals surface area contributed by atoms with E-state index in [-0.39, 0.29) is 0 Å². The van der Waals surface area contributed by atoms with Crippen LogP contribution in [0.5, 0.6) is 5.75 Å². The van der Waals surface area contributed by atoms with E-state index in [1.807, 2.05) is 12.1 Å². The summed E-state index contributed by atoms with van der Waals surface area (Å²) in [6.45, 7) is 1.92. The van der Waals surface area contributed by atoms with E-state index in [1.165, 1.54) is 22.0 Å². The Morgan fingerprint density at radius 3 is 2.57 bits per heavy atom. The number of nitrogens with zero attached hydrogens (tertiary/aromatic N) is 2. The van der Waals surface area contributed by atoms with Crippen molar-refractivity contribution < 1.29 is 4.74 Å². The maximum atomic E-state index is 5.44. The highest BCUT2D eigenvalue weighted by Gasteiger charge is 2.09. The third-order valence-electron chi connectivity index (χ3n) is 4.38. The molecular formula is C20H24N2O. The molecule has 0 bridgehead atoms. The highest BCUT2D eigenvalue weighted by atomic mass is 16.5. The predicted molar refractivity (Wildman–Crippen MR) is 96.0 cm³/mol. The molecule has 2 aromatic carbocycles. The van der Waals surface area contributed by atoms with Crippen molar-refractivity contribution in [2.75, 3.05) is 20.7 Å². The molecular weight excluding hydrogens is 284 g/mol. The minimum atomic E-state index is 0.898. The van der Waals surface area contributed by atoms with Crippen molar-refractivity contribution in [3.63, 3.8) is 0 Å². The van der Waals surface area contributed by atoms with E-state index in [0.717, 1.165) is 25.3 Å². The molecule has 0 amide bonds. The lowest BCUT2D eigenvalue weighted by molar-refractivity contribution is 0.321. The molecule has 3 heteroatoms. The number of likely N-dealkylation sites (N-methyl/N-ethyl adjacent to an activating group) is 1. The minimum Gasteiger partial charge on any atom is -0.496 e. The smallest absolute Gasteiger partial charge is 0.123 e. The summed E-state index contributed by atoms with van der Waals surface area (Å²) in [6.07, 6.45) is 3.30. The van der Waals surface area contributed by atoms with Crippen molar-refractivity contribution in [3.8, 4) is 5.75 Å². The van der Waals surface area contributed by atoms with Crippen molar-refractivity contribution in [2.45, 2.75) is 13.0 Å². The van der Waals surface area contributed by atoms with Gasteiger partial charge in [0.15, 0.2) is 0 Å². The largest absolute Gasteiger partial charge is 0.496 e. The van der Waals surface area contributed by atoms with Crippen molar-refractivity contribution in [3.05, 3.63) is 65.9 Å². The van der Waals surface area contributed by atoms with Crippen LogP contribution in [0.3, 0.4) is 0 Å². The molecule has 0 saturated carbocycles. The molecule has 0 N–H and O–H groups in total. The van der Waals surface area contributed by atoms with Gasteiger partial charge in [0, 0.05) is 42.8 Å². The molecule has 0 unspecified atom stereocenters. The number of para-hydroxylation sites is 2. The minimum absolute atomic E-state index is 0.898. The van der Waals surface area contributed by atoms with Gasteiger partial charge in [0.25, 0.3) is 0 Å². The molecule has 0 atom stereocenters. The van der Waals surface area contributed by atoms with Crippen LogP contribution in [0.1, 0.15) is 11.1 Å². The number of hydrogen-bond donors (Lipinski definition) is 0. The van der Waals surface area contributed by atoms with Crippen molar-refractivity contribution >= 4 is 10.9 Å². The third-order valence-corrected chi connectivity index (χ3v) is 4.38. The lowest BCUT2D eigenvalue weighted by Gasteiger charge is -2.18. The standard InChI is InChI=1S/C20H24N2O/c1-21(14-17-8-4-7-11-20(17)23-3)13-12-16-15-22(2)19-10-6-5-9-18(16)19/h4-11,15H,12-14H2,1-3H3. The molecule has 120 valence electrons. The van der Waals surface area contributed by atoms with E-state index in [1.54, 1.807) is 7.11 Å². The molecule has 1 heterocycles. The van der Waals surface area contributed by atoms with Gasteiger partial charge in [-0.3, -0.25) is 0 Å². The Balaban J connectivity index is 1.67. The zero-order valence-corrected chi connectivity index (χ0v) is 14.1. The highest BCUT2D eigenvalue weighted by Crippen LogP contribution is 2.22. The molecule has 3 rings (SSSR count). The molecule has 1 aromatic heterocycles. The Morgan fingerprint density at radius 2 is 1.74 bits per heavy atom. The zero-order valence-electron chi connectivity index (χ0n) is 14.1. The highest BCUT2D eigenvalue weighted by molar-refractivity contribution is 5.83. The molecule has 23 heavy (non-hydrogen) atoms. The van der Waals surface area contributed by atoms with Crippen LogP contribution in [0.25, 0.3) is 10.9 Å². The number of benzene rings is 2. The lowest BCUT2D eigenvalue weighted by Crippen LogP contribution is -2.21. The first-order chi connectivity index (χ1) is 11.2. The Bertz CT molecular complexity index is 791. The summed E-state index contributed by atoms with van der Waals surface area (Å²) in [5.41, 5.74) is 3.94. The normalized spacial score (nSPS) is 11.3. The summed E-state index contributed by atoms with van der Waals surface area (Å²) in [5, 5.41) is 1.36. The van der Waals surface area contributed by atoms with Gasteiger partial charge < -0.3 is 14.2 Å². The van der Waals surface area contributed by atoms with Crippen LogP contribution in [0.2, 0.25) is 0 Å². The molecule has 0 aliphatic carbocycles.